The van der Waals surface area contributed by atoms with Crippen LogP contribution in [0.15, 0.2) is 53.9 Å². The first-order valence-electron chi connectivity index (χ1n) is 11.2. The number of amides is 1. The first kappa shape index (κ1) is 21.8. The van der Waals surface area contributed by atoms with Crippen molar-refractivity contribution in [3.8, 4) is 17.2 Å². The first-order chi connectivity index (χ1) is 16.2. The topological polar surface area (TPSA) is 57.2 Å². The van der Waals surface area contributed by atoms with Crippen molar-refractivity contribution in [3.63, 3.8) is 0 Å². The van der Waals surface area contributed by atoms with E-state index < -0.39 is 0 Å². The summed E-state index contributed by atoms with van der Waals surface area (Å²) in [7, 11) is 0. The standard InChI is InChI=1S/C26H27NO5S/c1-18-10-12-33-25(18)26(28)27(15-22-3-2-11-29-22)14-19-4-7-21(8-5-19)30-16-20-6-9-23-24(13-20)32-17-31-23/h4-10,12-13,22H,2-3,11,14-17H2,1H3. The van der Waals surface area contributed by atoms with Crippen LogP contribution in [0.1, 0.15) is 39.2 Å². The number of aryl methyl sites for hydroxylation is 1. The number of hydrogen-bond donors (Lipinski definition) is 0. The molecule has 3 heterocycles. The van der Waals surface area contributed by atoms with Crippen LogP contribution >= 0.6 is 11.3 Å². The second-order valence-electron chi connectivity index (χ2n) is 8.37. The maximum atomic E-state index is 13.3. The van der Waals surface area contributed by atoms with Gasteiger partial charge in [0.1, 0.15) is 12.4 Å². The van der Waals surface area contributed by atoms with Gasteiger partial charge in [0.2, 0.25) is 6.79 Å². The van der Waals surface area contributed by atoms with E-state index in [1.54, 1.807) is 0 Å². The Morgan fingerprint density at radius 2 is 1.91 bits per heavy atom. The molecule has 172 valence electrons. The van der Waals surface area contributed by atoms with Gasteiger partial charge in [-0.05, 0) is 72.2 Å². The number of benzene rings is 2. The van der Waals surface area contributed by atoms with E-state index in [1.165, 1.54) is 11.3 Å². The van der Waals surface area contributed by atoms with Crippen LogP contribution in [0.5, 0.6) is 17.2 Å². The zero-order valence-corrected chi connectivity index (χ0v) is 19.4. The summed E-state index contributed by atoms with van der Waals surface area (Å²) in [6.07, 6.45) is 2.17. The van der Waals surface area contributed by atoms with Crippen molar-refractivity contribution in [1.82, 2.24) is 4.90 Å². The summed E-state index contributed by atoms with van der Waals surface area (Å²) in [5.41, 5.74) is 3.10. The van der Waals surface area contributed by atoms with Crippen molar-refractivity contribution in [2.24, 2.45) is 0 Å². The lowest BCUT2D eigenvalue weighted by Crippen LogP contribution is -2.36. The van der Waals surface area contributed by atoms with Gasteiger partial charge in [0, 0.05) is 19.7 Å². The number of nitrogens with zero attached hydrogens (tertiary/aromatic N) is 1. The van der Waals surface area contributed by atoms with Crippen LogP contribution in [0, 0.1) is 6.92 Å². The quantitative estimate of drug-likeness (QED) is 0.459. The largest absolute Gasteiger partial charge is 0.489 e. The summed E-state index contributed by atoms with van der Waals surface area (Å²) in [5.74, 6) is 2.37. The molecule has 2 aromatic carbocycles. The predicted molar refractivity (Wildman–Crippen MR) is 126 cm³/mol. The van der Waals surface area contributed by atoms with Crippen LogP contribution in [0.2, 0.25) is 0 Å². The molecule has 1 fully saturated rings. The predicted octanol–water partition coefficient (Wildman–Crippen LogP) is 5.19. The Labute approximate surface area is 197 Å². The molecule has 7 heteroatoms. The number of rotatable bonds is 8. The van der Waals surface area contributed by atoms with Gasteiger partial charge in [-0.3, -0.25) is 4.79 Å². The minimum absolute atomic E-state index is 0.0705. The highest BCUT2D eigenvalue weighted by atomic mass is 32.1. The van der Waals surface area contributed by atoms with Gasteiger partial charge >= 0.3 is 0 Å². The van der Waals surface area contributed by atoms with Gasteiger partial charge in [-0.1, -0.05) is 18.2 Å². The SMILES string of the molecule is Cc1ccsc1C(=O)N(Cc1ccc(OCc2ccc3c(c2)OCO3)cc1)CC1CCCO1. The number of ether oxygens (including phenoxy) is 4. The number of carbonyl (C=O) groups excluding carboxylic acids is 1. The molecule has 3 aromatic rings. The van der Waals surface area contributed by atoms with E-state index in [-0.39, 0.29) is 18.8 Å². The van der Waals surface area contributed by atoms with Crippen LogP contribution in [0.25, 0.3) is 0 Å². The van der Waals surface area contributed by atoms with Gasteiger partial charge in [0.05, 0.1) is 11.0 Å². The molecule has 2 aliphatic rings. The molecular formula is C26H27NO5S. The normalized spacial score (nSPS) is 16.7. The number of carbonyl (C=O) groups is 1. The molecule has 1 aromatic heterocycles. The maximum Gasteiger partial charge on any atom is 0.264 e. The lowest BCUT2D eigenvalue weighted by atomic mass is 10.1. The van der Waals surface area contributed by atoms with Gasteiger partial charge in [-0.25, -0.2) is 0 Å². The van der Waals surface area contributed by atoms with E-state index in [4.69, 9.17) is 18.9 Å². The van der Waals surface area contributed by atoms with E-state index in [9.17, 15) is 4.79 Å². The zero-order chi connectivity index (χ0) is 22.6. The van der Waals surface area contributed by atoms with Crippen LogP contribution in [0.3, 0.4) is 0 Å². The van der Waals surface area contributed by atoms with Gasteiger partial charge in [0.15, 0.2) is 11.5 Å². The minimum Gasteiger partial charge on any atom is -0.489 e. The Balaban J connectivity index is 1.23. The Morgan fingerprint density at radius 1 is 1.09 bits per heavy atom. The third-order valence-corrected chi connectivity index (χ3v) is 6.94. The van der Waals surface area contributed by atoms with Crippen molar-refractivity contribution < 1.29 is 23.7 Å². The highest BCUT2D eigenvalue weighted by molar-refractivity contribution is 7.12. The van der Waals surface area contributed by atoms with E-state index in [0.29, 0.717) is 19.7 Å². The van der Waals surface area contributed by atoms with Crippen LogP contribution in [-0.2, 0) is 17.9 Å². The average molecular weight is 466 g/mol. The summed E-state index contributed by atoms with van der Waals surface area (Å²) in [4.78, 5) is 16.0. The molecule has 0 aliphatic carbocycles. The van der Waals surface area contributed by atoms with Crippen molar-refractivity contribution in [2.45, 2.75) is 39.0 Å². The number of fused-ring (bicyclic) bond motifs is 1. The summed E-state index contributed by atoms with van der Waals surface area (Å²) in [6.45, 7) is 4.62. The lowest BCUT2D eigenvalue weighted by Gasteiger charge is -2.25. The zero-order valence-electron chi connectivity index (χ0n) is 18.6. The van der Waals surface area contributed by atoms with E-state index in [2.05, 4.69) is 0 Å². The molecule has 1 atom stereocenters. The monoisotopic (exact) mass is 465 g/mol. The number of hydrogen-bond acceptors (Lipinski definition) is 6. The molecule has 2 aliphatic heterocycles. The molecular weight excluding hydrogens is 438 g/mol. The Morgan fingerprint density at radius 3 is 2.67 bits per heavy atom. The highest BCUT2D eigenvalue weighted by Crippen LogP contribution is 2.32. The van der Waals surface area contributed by atoms with E-state index in [0.717, 1.165) is 58.3 Å². The highest BCUT2D eigenvalue weighted by Gasteiger charge is 2.25. The van der Waals surface area contributed by atoms with Crippen molar-refractivity contribution in [3.05, 3.63) is 75.5 Å². The van der Waals surface area contributed by atoms with Crippen LogP contribution in [0.4, 0.5) is 0 Å². The van der Waals surface area contributed by atoms with Gasteiger partial charge in [0.25, 0.3) is 5.91 Å². The summed E-state index contributed by atoms with van der Waals surface area (Å²) in [5, 5.41) is 1.97. The Hall–Kier alpha value is -3.03. The average Bonchev–Trinajstić information content (AvgIpc) is 3.59. The summed E-state index contributed by atoms with van der Waals surface area (Å²) >= 11 is 1.50. The van der Waals surface area contributed by atoms with Gasteiger partial charge in [-0.15, -0.1) is 11.3 Å². The van der Waals surface area contributed by atoms with Crippen LogP contribution < -0.4 is 14.2 Å². The maximum absolute atomic E-state index is 13.3. The smallest absolute Gasteiger partial charge is 0.264 e. The third-order valence-electron chi connectivity index (χ3n) is 5.93. The molecule has 1 unspecified atom stereocenters. The third kappa shape index (κ3) is 5.15. The molecule has 33 heavy (non-hydrogen) atoms. The molecule has 5 rings (SSSR count). The number of thiophene rings is 1. The fourth-order valence-electron chi connectivity index (χ4n) is 4.10. The molecule has 0 radical (unpaired) electrons. The van der Waals surface area contributed by atoms with Gasteiger partial charge in [-0.2, -0.15) is 0 Å². The van der Waals surface area contributed by atoms with Crippen molar-refractivity contribution in [2.75, 3.05) is 19.9 Å². The fourth-order valence-corrected chi connectivity index (χ4v) is 4.99. The van der Waals surface area contributed by atoms with Crippen molar-refractivity contribution in [1.29, 1.82) is 0 Å². The first-order valence-corrected chi connectivity index (χ1v) is 12.1. The molecule has 0 saturated carbocycles. The molecule has 0 bridgehead atoms. The summed E-state index contributed by atoms with van der Waals surface area (Å²) in [6, 6.07) is 15.8. The van der Waals surface area contributed by atoms with Gasteiger partial charge < -0.3 is 23.8 Å². The van der Waals surface area contributed by atoms with E-state index >= 15 is 0 Å². The minimum atomic E-state index is 0.0705. The second kappa shape index (κ2) is 9.85. The van der Waals surface area contributed by atoms with Crippen LogP contribution in [-0.4, -0.2) is 36.9 Å². The van der Waals surface area contributed by atoms with E-state index in [1.807, 2.05) is 65.7 Å². The second-order valence-corrected chi connectivity index (χ2v) is 9.29. The molecule has 1 amide bonds. The van der Waals surface area contributed by atoms with Crippen molar-refractivity contribution >= 4 is 17.2 Å². The Kier molecular flexibility index (Phi) is 6.51. The molecule has 0 spiro atoms. The molecule has 6 nitrogen and oxygen atoms in total. The fraction of sp³-hybridized carbons (Fsp3) is 0.346. The lowest BCUT2D eigenvalue weighted by molar-refractivity contribution is 0.0510. The Bertz CT molecular complexity index is 1100. The molecule has 1 saturated heterocycles. The summed E-state index contributed by atoms with van der Waals surface area (Å²) < 4.78 is 22.5. The molecule has 0 N–H and O–H groups in total.